The molecule has 0 spiro atoms. The summed E-state index contributed by atoms with van der Waals surface area (Å²) in [5, 5.41) is 3.88. The Bertz CT molecular complexity index is 873. The number of nitrogens with one attached hydrogen (secondary N) is 1. The Morgan fingerprint density at radius 3 is 2.50 bits per heavy atom. The number of aryl methyl sites for hydroxylation is 1. The summed E-state index contributed by atoms with van der Waals surface area (Å²) in [6.45, 7) is 2.41. The predicted octanol–water partition coefficient (Wildman–Crippen LogP) is 3.56. The molecule has 1 aliphatic heterocycles. The summed E-state index contributed by atoms with van der Waals surface area (Å²) in [4.78, 5) is 12.4. The Balaban J connectivity index is 1.46. The molecule has 2 aliphatic carbocycles. The molecule has 1 N–H and O–H groups in total. The number of pyridine rings is 2. The van der Waals surface area contributed by atoms with Crippen molar-refractivity contribution in [2.24, 2.45) is 0 Å². The topological polar surface area (TPSA) is 59.5 Å². The molecule has 3 aliphatic rings. The normalized spacial score (nSPS) is 20.8. The average molecular weight is 383 g/mol. The summed E-state index contributed by atoms with van der Waals surface area (Å²) in [5.74, 6) is 1.16. The zero-order chi connectivity index (χ0) is 19.1. The van der Waals surface area contributed by atoms with Crippen molar-refractivity contribution in [1.29, 1.82) is 0 Å². The van der Waals surface area contributed by atoms with Crippen molar-refractivity contribution in [2.75, 3.05) is 32.6 Å². The number of hydrogen-bond donors (Lipinski definition) is 1. The van der Waals surface area contributed by atoms with Crippen LogP contribution in [0.25, 0.3) is 11.0 Å². The van der Waals surface area contributed by atoms with E-state index >= 15 is 0 Å². The molecule has 0 atom stereocenters. The van der Waals surface area contributed by atoms with Gasteiger partial charge in [-0.15, -0.1) is 0 Å². The lowest BCUT2D eigenvalue weighted by Gasteiger charge is -2.42. The summed E-state index contributed by atoms with van der Waals surface area (Å²) in [5.41, 5.74) is 5.57. The molecular weight excluding hydrogens is 352 g/mol. The first kappa shape index (κ1) is 18.0. The van der Waals surface area contributed by atoms with Crippen molar-refractivity contribution in [3.05, 3.63) is 17.3 Å². The first-order chi connectivity index (χ1) is 13.8. The van der Waals surface area contributed by atoms with Crippen molar-refractivity contribution >= 4 is 16.7 Å². The zero-order valence-electron chi connectivity index (χ0n) is 17.0. The van der Waals surface area contributed by atoms with Gasteiger partial charge in [0.2, 0.25) is 0 Å². The lowest BCUT2D eigenvalue weighted by Crippen LogP contribution is -2.47. The first-order valence-electron chi connectivity index (χ1n) is 10.7. The Labute approximate surface area is 166 Å². The van der Waals surface area contributed by atoms with Crippen molar-refractivity contribution in [1.82, 2.24) is 14.9 Å². The lowest BCUT2D eigenvalue weighted by atomic mass is 9.89. The van der Waals surface area contributed by atoms with Crippen LogP contribution in [-0.4, -0.2) is 54.3 Å². The van der Waals surface area contributed by atoms with E-state index in [0.717, 1.165) is 29.9 Å². The second-order valence-corrected chi connectivity index (χ2v) is 8.37. The smallest absolute Gasteiger partial charge is 0.257 e. The SMILES string of the molecule is COc1cc2nc3c(c(NC4CCN(C5CCC5)CC4)c2nc1OC)CCC3. The molecule has 3 heterocycles. The molecular formula is C22H30N4O2. The van der Waals surface area contributed by atoms with Crippen LogP contribution in [0.1, 0.15) is 49.8 Å². The van der Waals surface area contributed by atoms with Crippen LogP contribution in [0, 0.1) is 0 Å². The number of methoxy groups -OCH3 is 2. The number of ether oxygens (including phenoxy) is 2. The number of fused-ring (bicyclic) bond motifs is 2. The molecule has 0 radical (unpaired) electrons. The molecule has 0 aromatic carbocycles. The van der Waals surface area contributed by atoms with E-state index in [1.807, 2.05) is 6.07 Å². The van der Waals surface area contributed by atoms with Gasteiger partial charge in [-0.3, -0.25) is 4.98 Å². The molecule has 150 valence electrons. The highest BCUT2D eigenvalue weighted by Gasteiger charge is 2.30. The lowest BCUT2D eigenvalue weighted by molar-refractivity contribution is 0.101. The van der Waals surface area contributed by atoms with Gasteiger partial charge in [-0.1, -0.05) is 6.42 Å². The second-order valence-electron chi connectivity index (χ2n) is 8.37. The quantitative estimate of drug-likeness (QED) is 0.853. The third kappa shape index (κ3) is 3.08. The standard InChI is InChI=1S/C22H30N4O2/c1-27-19-13-18-21(25-22(19)28-2)20(16-7-4-8-17(16)24-18)23-14-9-11-26(12-10-14)15-5-3-6-15/h13-15H,3-12H2,1-2H3,(H,23,24). The molecule has 0 bridgehead atoms. The van der Waals surface area contributed by atoms with Crippen molar-refractivity contribution in [3.63, 3.8) is 0 Å². The van der Waals surface area contributed by atoms with E-state index in [1.165, 1.54) is 68.6 Å². The number of anilines is 1. The van der Waals surface area contributed by atoms with Gasteiger partial charge in [-0.25, -0.2) is 4.98 Å². The number of piperidine rings is 1. The van der Waals surface area contributed by atoms with Gasteiger partial charge < -0.3 is 19.7 Å². The second kappa shape index (κ2) is 7.39. The summed E-state index contributed by atoms with van der Waals surface area (Å²) in [6, 6.07) is 3.32. The van der Waals surface area contributed by atoms with Crippen LogP contribution in [0.2, 0.25) is 0 Å². The zero-order valence-corrected chi connectivity index (χ0v) is 17.0. The minimum absolute atomic E-state index is 0.501. The van der Waals surface area contributed by atoms with E-state index < -0.39 is 0 Å². The van der Waals surface area contributed by atoms with Crippen LogP contribution in [0.5, 0.6) is 11.6 Å². The fourth-order valence-electron chi connectivity index (χ4n) is 4.96. The van der Waals surface area contributed by atoms with Gasteiger partial charge in [-0.2, -0.15) is 0 Å². The maximum absolute atomic E-state index is 5.47. The minimum atomic E-state index is 0.501. The van der Waals surface area contributed by atoms with Gasteiger partial charge in [0, 0.05) is 36.9 Å². The molecule has 2 aromatic heterocycles. The molecule has 6 heteroatoms. The van der Waals surface area contributed by atoms with Crippen LogP contribution >= 0.6 is 0 Å². The monoisotopic (exact) mass is 382 g/mol. The number of aromatic nitrogens is 2. The van der Waals surface area contributed by atoms with E-state index in [-0.39, 0.29) is 0 Å². The van der Waals surface area contributed by atoms with Gasteiger partial charge in [0.25, 0.3) is 5.88 Å². The van der Waals surface area contributed by atoms with E-state index in [2.05, 4.69) is 10.2 Å². The first-order valence-corrected chi connectivity index (χ1v) is 10.7. The maximum Gasteiger partial charge on any atom is 0.257 e. The minimum Gasteiger partial charge on any atom is -0.491 e. The molecule has 0 unspecified atom stereocenters. The fourth-order valence-corrected chi connectivity index (χ4v) is 4.96. The predicted molar refractivity (Wildman–Crippen MR) is 111 cm³/mol. The Morgan fingerprint density at radius 2 is 1.82 bits per heavy atom. The number of nitrogens with zero attached hydrogens (tertiary/aromatic N) is 3. The van der Waals surface area contributed by atoms with Crippen LogP contribution in [-0.2, 0) is 12.8 Å². The van der Waals surface area contributed by atoms with Gasteiger partial charge in [0.05, 0.1) is 25.4 Å². The van der Waals surface area contributed by atoms with Crippen molar-refractivity contribution < 1.29 is 9.47 Å². The Morgan fingerprint density at radius 1 is 1.00 bits per heavy atom. The van der Waals surface area contributed by atoms with Crippen LogP contribution < -0.4 is 14.8 Å². The third-order valence-corrected chi connectivity index (χ3v) is 6.80. The molecule has 2 aromatic rings. The highest BCUT2D eigenvalue weighted by molar-refractivity contribution is 5.92. The van der Waals surface area contributed by atoms with Gasteiger partial charge >= 0.3 is 0 Å². The highest BCUT2D eigenvalue weighted by Crippen LogP contribution is 2.38. The number of likely N-dealkylation sites (tertiary alicyclic amines) is 1. The molecule has 5 rings (SSSR count). The summed E-state index contributed by atoms with van der Waals surface area (Å²) in [6.07, 6.45) is 9.89. The van der Waals surface area contributed by atoms with Gasteiger partial charge in [0.15, 0.2) is 5.75 Å². The summed E-state index contributed by atoms with van der Waals surface area (Å²) < 4.78 is 10.9. The number of rotatable bonds is 5. The molecule has 28 heavy (non-hydrogen) atoms. The van der Waals surface area contributed by atoms with Gasteiger partial charge in [0.1, 0.15) is 5.52 Å². The molecule has 0 amide bonds. The maximum atomic E-state index is 5.47. The van der Waals surface area contributed by atoms with E-state index in [1.54, 1.807) is 14.2 Å². The molecule has 6 nitrogen and oxygen atoms in total. The average Bonchev–Trinajstić information content (AvgIpc) is 3.15. The van der Waals surface area contributed by atoms with Crippen LogP contribution in [0.15, 0.2) is 6.07 Å². The van der Waals surface area contributed by atoms with Crippen LogP contribution in [0.4, 0.5) is 5.69 Å². The Kier molecular flexibility index (Phi) is 4.75. The van der Waals surface area contributed by atoms with E-state index in [0.29, 0.717) is 17.7 Å². The largest absolute Gasteiger partial charge is 0.491 e. The van der Waals surface area contributed by atoms with E-state index in [9.17, 15) is 0 Å². The number of hydrogen-bond acceptors (Lipinski definition) is 6. The molecule has 1 saturated heterocycles. The van der Waals surface area contributed by atoms with Crippen molar-refractivity contribution in [3.8, 4) is 11.6 Å². The van der Waals surface area contributed by atoms with Crippen molar-refractivity contribution in [2.45, 2.75) is 63.5 Å². The molecule has 1 saturated carbocycles. The van der Waals surface area contributed by atoms with Gasteiger partial charge in [-0.05, 0) is 50.5 Å². The summed E-state index contributed by atoms with van der Waals surface area (Å²) in [7, 11) is 3.29. The summed E-state index contributed by atoms with van der Waals surface area (Å²) >= 11 is 0. The fraction of sp³-hybridized carbons (Fsp3) is 0.636. The Hall–Kier alpha value is -2.08. The molecule has 2 fully saturated rings. The highest BCUT2D eigenvalue weighted by atomic mass is 16.5. The third-order valence-electron chi connectivity index (χ3n) is 6.80. The van der Waals surface area contributed by atoms with Crippen LogP contribution in [0.3, 0.4) is 0 Å². The van der Waals surface area contributed by atoms with E-state index in [4.69, 9.17) is 19.4 Å².